The molecular formula is C14H22ClNO2S. The molecule has 1 aliphatic heterocycles. The van der Waals surface area contributed by atoms with Gasteiger partial charge in [-0.1, -0.05) is 0 Å². The molecule has 2 rings (SSSR count). The summed E-state index contributed by atoms with van der Waals surface area (Å²) < 4.78 is 5.33. The van der Waals surface area contributed by atoms with Crippen molar-refractivity contribution < 1.29 is 9.84 Å². The molecule has 0 amide bonds. The molecule has 0 bridgehead atoms. The highest BCUT2D eigenvalue weighted by Gasteiger charge is 2.08. The Morgan fingerprint density at radius 3 is 2.47 bits per heavy atom. The van der Waals surface area contributed by atoms with Crippen LogP contribution < -0.4 is 0 Å². The van der Waals surface area contributed by atoms with Gasteiger partial charge in [-0.2, -0.15) is 0 Å². The second-order valence-electron chi connectivity index (χ2n) is 4.50. The highest BCUT2D eigenvalue weighted by Crippen LogP contribution is 2.21. The monoisotopic (exact) mass is 303 g/mol. The van der Waals surface area contributed by atoms with Crippen LogP contribution in [-0.2, 0) is 4.74 Å². The summed E-state index contributed by atoms with van der Waals surface area (Å²) >= 11 is 1.86. The van der Waals surface area contributed by atoms with Crippen LogP contribution in [0.5, 0.6) is 5.75 Å². The van der Waals surface area contributed by atoms with E-state index in [1.54, 1.807) is 12.1 Å². The third kappa shape index (κ3) is 6.52. The molecule has 0 saturated carbocycles. The fourth-order valence-electron chi connectivity index (χ4n) is 1.99. The van der Waals surface area contributed by atoms with Crippen LogP contribution in [0.15, 0.2) is 29.2 Å². The van der Waals surface area contributed by atoms with Crippen molar-refractivity contribution in [3.8, 4) is 5.75 Å². The first-order valence-corrected chi connectivity index (χ1v) is 7.55. The normalized spacial score (nSPS) is 16.0. The number of phenolic OH excluding ortho intramolecular Hbond substituents is 1. The summed E-state index contributed by atoms with van der Waals surface area (Å²) in [5, 5.41) is 9.19. The second-order valence-corrected chi connectivity index (χ2v) is 5.67. The number of thioether (sulfide) groups is 1. The van der Waals surface area contributed by atoms with Gasteiger partial charge in [0.2, 0.25) is 0 Å². The third-order valence-electron chi connectivity index (χ3n) is 3.08. The number of nitrogens with zero attached hydrogens (tertiary/aromatic N) is 1. The van der Waals surface area contributed by atoms with E-state index in [0.717, 1.165) is 32.1 Å². The van der Waals surface area contributed by atoms with Gasteiger partial charge in [0.15, 0.2) is 0 Å². The van der Waals surface area contributed by atoms with E-state index in [2.05, 4.69) is 4.90 Å². The van der Waals surface area contributed by atoms with Crippen molar-refractivity contribution in [1.29, 1.82) is 0 Å². The minimum atomic E-state index is 0. The molecule has 0 aromatic heterocycles. The molecule has 1 fully saturated rings. The molecule has 108 valence electrons. The van der Waals surface area contributed by atoms with Gasteiger partial charge in [-0.3, -0.25) is 4.90 Å². The maximum Gasteiger partial charge on any atom is 0.115 e. The first kappa shape index (κ1) is 16.6. The number of hydrogen-bond acceptors (Lipinski definition) is 4. The third-order valence-corrected chi connectivity index (χ3v) is 4.18. The van der Waals surface area contributed by atoms with Gasteiger partial charge in [0.05, 0.1) is 13.2 Å². The number of benzene rings is 1. The van der Waals surface area contributed by atoms with Gasteiger partial charge < -0.3 is 9.84 Å². The minimum absolute atomic E-state index is 0. The van der Waals surface area contributed by atoms with Crippen molar-refractivity contribution in [3.63, 3.8) is 0 Å². The molecular weight excluding hydrogens is 282 g/mol. The number of morpholine rings is 1. The fourth-order valence-corrected chi connectivity index (χ4v) is 2.91. The molecule has 0 unspecified atom stereocenters. The summed E-state index contributed by atoms with van der Waals surface area (Å²) in [6, 6.07) is 7.44. The van der Waals surface area contributed by atoms with Crippen LogP contribution in [0.25, 0.3) is 0 Å². The van der Waals surface area contributed by atoms with Gasteiger partial charge in [0, 0.05) is 18.0 Å². The Bertz CT molecular complexity index is 342. The van der Waals surface area contributed by atoms with Crippen molar-refractivity contribution in [1.82, 2.24) is 4.90 Å². The van der Waals surface area contributed by atoms with Gasteiger partial charge in [-0.05, 0) is 49.4 Å². The summed E-state index contributed by atoms with van der Waals surface area (Å²) in [6.07, 6.45) is 2.49. The Kier molecular flexibility index (Phi) is 8.30. The Labute approximate surface area is 125 Å². The van der Waals surface area contributed by atoms with E-state index in [9.17, 15) is 5.11 Å². The molecule has 5 heteroatoms. The van der Waals surface area contributed by atoms with E-state index in [0.29, 0.717) is 5.75 Å². The Morgan fingerprint density at radius 2 is 1.79 bits per heavy atom. The lowest BCUT2D eigenvalue weighted by atomic mass is 10.3. The van der Waals surface area contributed by atoms with Crippen LogP contribution in [0.1, 0.15) is 12.8 Å². The summed E-state index contributed by atoms with van der Waals surface area (Å²) in [6.45, 7) is 5.15. The van der Waals surface area contributed by atoms with E-state index in [1.165, 1.54) is 24.3 Å². The number of hydrogen-bond donors (Lipinski definition) is 1. The van der Waals surface area contributed by atoms with Crippen LogP contribution in [-0.4, -0.2) is 48.6 Å². The highest BCUT2D eigenvalue weighted by molar-refractivity contribution is 7.99. The zero-order valence-electron chi connectivity index (χ0n) is 11.1. The molecule has 0 aliphatic carbocycles. The number of halogens is 1. The zero-order chi connectivity index (χ0) is 12.6. The summed E-state index contributed by atoms with van der Waals surface area (Å²) in [5.41, 5.74) is 0. The molecule has 1 aliphatic rings. The Hall–Kier alpha value is -0.420. The average molecular weight is 304 g/mol. The van der Waals surface area contributed by atoms with Crippen LogP contribution >= 0.6 is 24.2 Å². The van der Waals surface area contributed by atoms with Crippen LogP contribution in [0.4, 0.5) is 0 Å². The lowest BCUT2D eigenvalue weighted by molar-refractivity contribution is 0.0374. The van der Waals surface area contributed by atoms with Gasteiger partial charge >= 0.3 is 0 Å². The van der Waals surface area contributed by atoms with Crippen molar-refractivity contribution in [2.24, 2.45) is 0 Å². The van der Waals surface area contributed by atoms with Crippen LogP contribution in [0.3, 0.4) is 0 Å². The van der Waals surface area contributed by atoms with E-state index >= 15 is 0 Å². The molecule has 1 saturated heterocycles. The first-order valence-electron chi connectivity index (χ1n) is 6.56. The predicted octanol–water partition coefficient (Wildman–Crippen LogP) is 3.02. The number of rotatable bonds is 6. The van der Waals surface area contributed by atoms with E-state index in [4.69, 9.17) is 4.74 Å². The molecule has 1 aromatic carbocycles. The molecule has 19 heavy (non-hydrogen) atoms. The molecule has 3 nitrogen and oxygen atoms in total. The van der Waals surface area contributed by atoms with Crippen molar-refractivity contribution in [2.75, 3.05) is 38.6 Å². The molecule has 0 spiro atoms. The lowest BCUT2D eigenvalue weighted by Gasteiger charge is -2.26. The average Bonchev–Trinajstić information content (AvgIpc) is 2.42. The molecule has 1 N–H and O–H groups in total. The molecule has 0 atom stereocenters. The standard InChI is InChI=1S/C14H21NO2S.ClH/c16-13-3-5-14(6-4-13)18-12-2-1-7-15-8-10-17-11-9-15;/h3-6,16H,1-2,7-12H2;1H. The van der Waals surface area contributed by atoms with Crippen LogP contribution in [0.2, 0.25) is 0 Å². The first-order chi connectivity index (χ1) is 8.84. The van der Waals surface area contributed by atoms with Gasteiger partial charge in [0.25, 0.3) is 0 Å². The second kappa shape index (κ2) is 9.48. The summed E-state index contributed by atoms with van der Waals surface area (Å²) in [5.74, 6) is 1.49. The van der Waals surface area contributed by atoms with Gasteiger partial charge in [-0.15, -0.1) is 24.2 Å². The van der Waals surface area contributed by atoms with Crippen molar-refractivity contribution in [3.05, 3.63) is 24.3 Å². The predicted molar refractivity (Wildman–Crippen MR) is 82.6 cm³/mol. The molecule has 1 aromatic rings. The van der Waals surface area contributed by atoms with Gasteiger partial charge in [0.1, 0.15) is 5.75 Å². The number of ether oxygens (including phenoxy) is 1. The SMILES string of the molecule is Cl.Oc1ccc(SCCCCN2CCOCC2)cc1. The maximum atomic E-state index is 9.19. The van der Waals surface area contributed by atoms with Crippen molar-refractivity contribution in [2.45, 2.75) is 17.7 Å². The summed E-state index contributed by atoms with van der Waals surface area (Å²) in [4.78, 5) is 3.72. The van der Waals surface area contributed by atoms with E-state index < -0.39 is 0 Å². The quantitative estimate of drug-likeness (QED) is 0.647. The zero-order valence-corrected chi connectivity index (χ0v) is 12.7. The van der Waals surface area contributed by atoms with E-state index in [-0.39, 0.29) is 12.4 Å². The lowest BCUT2D eigenvalue weighted by Crippen LogP contribution is -2.36. The topological polar surface area (TPSA) is 32.7 Å². The molecule has 0 radical (unpaired) electrons. The fraction of sp³-hybridized carbons (Fsp3) is 0.571. The highest BCUT2D eigenvalue weighted by atomic mass is 35.5. The number of aromatic hydroxyl groups is 1. The molecule has 1 heterocycles. The maximum absolute atomic E-state index is 9.19. The largest absolute Gasteiger partial charge is 0.508 e. The summed E-state index contributed by atoms with van der Waals surface area (Å²) in [7, 11) is 0. The van der Waals surface area contributed by atoms with Crippen LogP contribution in [0, 0.1) is 0 Å². The van der Waals surface area contributed by atoms with Gasteiger partial charge in [-0.25, -0.2) is 0 Å². The Balaban J connectivity index is 0.00000180. The number of unbranched alkanes of at least 4 members (excludes halogenated alkanes) is 1. The van der Waals surface area contributed by atoms with E-state index in [1.807, 2.05) is 23.9 Å². The smallest absolute Gasteiger partial charge is 0.115 e. The Morgan fingerprint density at radius 1 is 1.11 bits per heavy atom. The minimum Gasteiger partial charge on any atom is -0.508 e. The van der Waals surface area contributed by atoms with Crippen molar-refractivity contribution >= 4 is 24.2 Å². The number of phenols is 1.